The molecule has 7 heteroatoms. The average Bonchev–Trinajstić information content (AvgIpc) is 2.84. The highest BCUT2D eigenvalue weighted by molar-refractivity contribution is 6.06. The van der Waals surface area contributed by atoms with Gasteiger partial charge in [0.25, 0.3) is 11.8 Å². The predicted octanol–water partition coefficient (Wildman–Crippen LogP) is 4.11. The Bertz CT molecular complexity index is 1110. The molecule has 0 saturated heterocycles. The number of rotatable bonds is 8. The summed E-state index contributed by atoms with van der Waals surface area (Å²) >= 11 is 0. The van der Waals surface area contributed by atoms with Gasteiger partial charge in [-0.2, -0.15) is 0 Å². The monoisotopic (exact) mass is 444 g/mol. The predicted molar refractivity (Wildman–Crippen MR) is 132 cm³/mol. The Labute approximate surface area is 194 Å². The van der Waals surface area contributed by atoms with E-state index in [1.54, 1.807) is 61.5 Å². The van der Waals surface area contributed by atoms with Crippen LogP contribution in [0.1, 0.15) is 27.6 Å². The van der Waals surface area contributed by atoms with Gasteiger partial charge in [-0.3, -0.25) is 14.4 Å². The summed E-state index contributed by atoms with van der Waals surface area (Å²) in [7, 11) is 3.38. The van der Waals surface area contributed by atoms with E-state index < -0.39 is 0 Å². The maximum atomic E-state index is 13.0. The van der Waals surface area contributed by atoms with Crippen LogP contribution >= 0.6 is 0 Å². The highest BCUT2D eigenvalue weighted by atomic mass is 16.2. The van der Waals surface area contributed by atoms with Crippen molar-refractivity contribution in [2.45, 2.75) is 6.92 Å². The van der Waals surface area contributed by atoms with Gasteiger partial charge in [0.1, 0.15) is 0 Å². The molecule has 0 bridgehead atoms. The van der Waals surface area contributed by atoms with E-state index in [4.69, 9.17) is 0 Å². The van der Waals surface area contributed by atoms with Crippen molar-refractivity contribution in [3.63, 3.8) is 0 Å². The van der Waals surface area contributed by atoms with Gasteiger partial charge in [-0.05, 0) is 61.5 Å². The molecular formula is C26H28N4O3. The van der Waals surface area contributed by atoms with E-state index in [0.717, 1.165) is 5.69 Å². The first kappa shape index (κ1) is 23.5. The molecule has 3 aromatic carbocycles. The fourth-order valence-corrected chi connectivity index (χ4v) is 3.31. The number of nitrogens with zero attached hydrogens (tertiary/aromatic N) is 2. The van der Waals surface area contributed by atoms with Crippen molar-refractivity contribution in [3.05, 3.63) is 90.0 Å². The third kappa shape index (κ3) is 6.20. The first-order valence-electron chi connectivity index (χ1n) is 10.7. The lowest BCUT2D eigenvalue weighted by Crippen LogP contribution is -2.30. The third-order valence-corrected chi connectivity index (χ3v) is 5.01. The Hall–Kier alpha value is -4.13. The Morgan fingerprint density at radius 2 is 1.45 bits per heavy atom. The third-order valence-electron chi connectivity index (χ3n) is 5.01. The smallest absolute Gasteiger partial charge is 0.258 e. The van der Waals surface area contributed by atoms with Crippen molar-refractivity contribution in [1.82, 2.24) is 4.90 Å². The quantitative estimate of drug-likeness (QED) is 0.548. The second-order valence-electron chi connectivity index (χ2n) is 7.64. The highest BCUT2D eigenvalue weighted by Gasteiger charge is 2.16. The number of hydrogen-bond acceptors (Lipinski definition) is 4. The van der Waals surface area contributed by atoms with E-state index >= 15 is 0 Å². The molecule has 33 heavy (non-hydrogen) atoms. The van der Waals surface area contributed by atoms with Gasteiger partial charge >= 0.3 is 0 Å². The van der Waals surface area contributed by atoms with Crippen molar-refractivity contribution in [3.8, 4) is 0 Å². The summed E-state index contributed by atoms with van der Waals surface area (Å²) in [5.74, 6) is -0.445. The molecule has 0 heterocycles. The van der Waals surface area contributed by atoms with Gasteiger partial charge in [0.05, 0.1) is 6.54 Å². The zero-order chi connectivity index (χ0) is 23.8. The lowest BCUT2D eigenvalue weighted by Gasteiger charge is -2.21. The first-order valence-corrected chi connectivity index (χ1v) is 10.7. The maximum Gasteiger partial charge on any atom is 0.258 e. The minimum Gasteiger partial charge on any atom is -0.376 e. The average molecular weight is 445 g/mol. The van der Waals surface area contributed by atoms with E-state index in [1.165, 1.54) is 4.90 Å². The lowest BCUT2D eigenvalue weighted by molar-refractivity contribution is -0.114. The zero-order valence-electron chi connectivity index (χ0n) is 19.0. The van der Waals surface area contributed by atoms with Crippen LogP contribution in [0.4, 0.5) is 17.1 Å². The Morgan fingerprint density at radius 3 is 2.09 bits per heavy atom. The van der Waals surface area contributed by atoms with Gasteiger partial charge < -0.3 is 20.4 Å². The number of benzene rings is 3. The summed E-state index contributed by atoms with van der Waals surface area (Å²) in [5, 5.41) is 5.85. The van der Waals surface area contributed by atoms with Crippen LogP contribution in [-0.2, 0) is 4.79 Å². The van der Waals surface area contributed by atoms with E-state index in [1.807, 2.05) is 43.3 Å². The fourth-order valence-electron chi connectivity index (χ4n) is 3.31. The Morgan fingerprint density at radius 1 is 0.758 bits per heavy atom. The second-order valence-corrected chi connectivity index (χ2v) is 7.64. The molecule has 3 aromatic rings. The molecule has 0 aliphatic carbocycles. The van der Waals surface area contributed by atoms with Crippen LogP contribution < -0.4 is 15.5 Å². The van der Waals surface area contributed by atoms with Gasteiger partial charge in [0.15, 0.2) is 0 Å². The molecule has 0 radical (unpaired) electrons. The highest BCUT2D eigenvalue weighted by Crippen LogP contribution is 2.19. The summed E-state index contributed by atoms with van der Waals surface area (Å²) in [5.41, 5.74) is 3.19. The fraction of sp³-hybridized carbons (Fsp3) is 0.192. The molecule has 0 aliphatic rings. The molecule has 0 saturated carbocycles. The molecule has 0 unspecified atom stereocenters. The van der Waals surface area contributed by atoms with Gasteiger partial charge in [-0.25, -0.2) is 0 Å². The summed E-state index contributed by atoms with van der Waals surface area (Å²) in [6, 6.07) is 23.3. The molecule has 0 aliphatic heterocycles. The number of carbonyl (C=O) groups excluding carboxylic acids is 3. The number of anilines is 3. The van der Waals surface area contributed by atoms with E-state index in [9.17, 15) is 14.4 Å². The summed E-state index contributed by atoms with van der Waals surface area (Å²) in [6.07, 6.45) is 0. The number of amides is 3. The van der Waals surface area contributed by atoms with Gasteiger partial charge in [-0.1, -0.05) is 24.3 Å². The van der Waals surface area contributed by atoms with E-state index in [0.29, 0.717) is 29.0 Å². The van der Waals surface area contributed by atoms with E-state index in [2.05, 4.69) is 10.6 Å². The number of hydrogen-bond donors (Lipinski definition) is 2. The van der Waals surface area contributed by atoms with Crippen LogP contribution in [0.5, 0.6) is 0 Å². The summed E-state index contributed by atoms with van der Waals surface area (Å²) in [6.45, 7) is 2.51. The van der Waals surface area contributed by atoms with Crippen molar-refractivity contribution in [1.29, 1.82) is 0 Å². The van der Waals surface area contributed by atoms with Crippen LogP contribution in [0.3, 0.4) is 0 Å². The minimum absolute atomic E-state index is 0.0339. The molecule has 7 nitrogen and oxygen atoms in total. The molecular weight excluding hydrogens is 416 g/mol. The van der Waals surface area contributed by atoms with Crippen LogP contribution in [0.15, 0.2) is 78.9 Å². The zero-order valence-corrected chi connectivity index (χ0v) is 19.0. The van der Waals surface area contributed by atoms with Crippen molar-refractivity contribution in [2.24, 2.45) is 0 Å². The molecule has 0 fully saturated rings. The SMILES string of the molecule is CCN(C(=O)c1cccc(NCC(=O)Nc2ccc(C(=O)N(C)C)cc2)c1)c1ccccc1. The van der Waals surface area contributed by atoms with Crippen LogP contribution in [0, 0.1) is 0 Å². The van der Waals surface area contributed by atoms with Crippen LogP contribution in [-0.4, -0.2) is 49.8 Å². The minimum atomic E-state index is -0.238. The largest absolute Gasteiger partial charge is 0.376 e. The van der Waals surface area contributed by atoms with Crippen molar-refractivity contribution in [2.75, 3.05) is 42.7 Å². The molecule has 2 N–H and O–H groups in total. The van der Waals surface area contributed by atoms with Gasteiger partial charge in [-0.15, -0.1) is 0 Å². The number of para-hydroxylation sites is 1. The molecule has 0 atom stereocenters. The topological polar surface area (TPSA) is 81.8 Å². The standard InChI is InChI=1S/C26H28N4O3/c1-4-30(23-11-6-5-7-12-23)26(33)20-9-8-10-22(17-20)27-18-24(31)28-21-15-13-19(14-16-21)25(32)29(2)3/h5-17,27H,4,18H2,1-3H3,(H,28,31). The van der Waals surface area contributed by atoms with Crippen LogP contribution in [0.2, 0.25) is 0 Å². The van der Waals surface area contributed by atoms with Gasteiger partial charge in [0, 0.05) is 48.8 Å². The molecule has 3 rings (SSSR count). The van der Waals surface area contributed by atoms with Gasteiger partial charge in [0.2, 0.25) is 5.91 Å². The molecule has 170 valence electrons. The number of carbonyl (C=O) groups is 3. The maximum absolute atomic E-state index is 13.0. The molecule has 3 amide bonds. The molecule has 0 spiro atoms. The first-order chi connectivity index (χ1) is 15.9. The summed E-state index contributed by atoms with van der Waals surface area (Å²) < 4.78 is 0. The summed E-state index contributed by atoms with van der Waals surface area (Å²) in [4.78, 5) is 40.5. The Balaban J connectivity index is 1.59. The Kier molecular flexibility index (Phi) is 7.81. The second kappa shape index (κ2) is 10.9. The van der Waals surface area contributed by atoms with Crippen molar-refractivity contribution >= 4 is 34.8 Å². The normalized spacial score (nSPS) is 10.3. The van der Waals surface area contributed by atoms with Crippen LogP contribution in [0.25, 0.3) is 0 Å². The number of nitrogens with one attached hydrogen (secondary N) is 2. The van der Waals surface area contributed by atoms with E-state index in [-0.39, 0.29) is 24.3 Å². The molecule has 0 aromatic heterocycles. The van der Waals surface area contributed by atoms with Crippen molar-refractivity contribution < 1.29 is 14.4 Å². The lowest BCUT2D eigenvalue weighted by atomic mass is 10.1.